The van der Waals surface area contributed by atoms with Crippen molar-refractivity contribution in [3.05, 3.63) is 56.6 Å². The molecule has 1 aliphatic rings. The first-order valence-electron chi connectivity index (χ1n) is 9.54. The molecule has 146 valence electrons. The van der Waals surface area contributed by atoms with Crippen molar-refractivity contribution >= 4 is 39.4 Å². The van der Waals surface area contributed by atoms with E-state index in [-0.39, 0.29) is 17.2 Å². The standard InChI is InChI=1S/C21H22N2O3S2/c1-2-26-17(24)13-27-21-22-18-19(25)15-10-6-7-11-16(15)28-20(18)23(21)12-14-8-4-3-5-9-14/h3-5,8-9H,2,6-7,10-13H2,1H3. The molecule has 0 unspecified atom stereocenters. The van der Waals surface area contributed by atoms with Gasteiger partial charge in [0.15, 0.2) is 5.16 Å². The number of aryl methyl sites for hydroxylation is 1. The molecule has 4 rings (SSSR count). The number of ether oxygens (including phenoxy) is 1. The summed E-state index contributed by atoms with van der Waals surface area (Å²) in [5.41, 5.74) is 2.67. The van der Waals surface area contributed by atoms with E-state index >= 15 is 0 Å². The number of nitrogens with zero attached hydrogens (tertiary/aromatic N) is 2. The van der Waals surface area contributed by atoms with Crippen LogP contribution in [0.3, 0.4) is 0 Å². The molecule has 0 aliphatic heterocycles. The van der Waals surface area contributed by atoms with Gasteiger partial charge in [0.25, 0.3) is 0 Å². The number of hydrogen-bond acceptors (Lipinski definition) is 6. The number of carbonyl (C=O) groups is 1. The summed E-state index contributed by atoms with van der Waals surface area (Å²) in [7, 11) is 0. The van der Waals surface area contributed by atoms with Crippen LogP contribution in [-0.2, 0) is 28.9 Å². The number of esters is 1. The minimum Gasteiger partial charge on any atom is -0.465 e. The maximum absolute atomic E-state index is 13.1. The van der Waals surface area contributed by atoms with Crippen molar-refractivity contribution in [1.29, 1.82) is 0 Å². The van der Waals surface area contributed by atoms with Crippen LogP contribution in [0.25, 0.3) is 10.3 Å². The van der Waals surface area contributed by atoms with Gasteiger partial charge in [-0.2, -0.15) is 0 Å². The fourth-order valence-corrected chi connectivity index (χ4v) is 5.65. The van der Waals surface area contributed by atoms with Crippen LogP contribution in [0.4, 0.5) is 0 Å². The van der Waals surface area contributed by atoms with Gasteiger partial charge in [-0.15, -0.1) is 11.3 Å². The van der Waals surface area contributed by atoms with Gasteiger partial charge in [-0.1, -0.05) is 42.1 Å². The van der Waals surface area contributed by atoms with Gasteiger partial charge in [-0.3, -0.25) is 9.59 Å². The number of thioether (sulfide) groups is 1. The molecule has 0 radical (unpaired) electrons. The molecule has 0 atom stereocenters. The Morgan fingerprint density at radius 3 is 2.82 bits per heavy atom. The largest absolute Gasteiger partial charge is 0.465 e. The summed E-state index contributed by atoms with van der Waals surface area (Å²) < 4.78 is 7.12. The van der Waals surface area contributed by atoms with E-state index in [4.69, 9.17) is 4.74 Å². The van der Waals surface area contributed by atoms with E-state index in [1.165, 1.54) is 16.6 Å². The molecule has 7 heteroatoms. The molecule has 1 aliphatic carbocycles. The quantitative estimate of drug-likeness (QED) is 0.450. The molecule has 1 aromatic carbocycles. The smallest absolute Gasteiger partial charge is 0.316 e. The van der Waals surface area contributed by atoms with Crippen LogP contribution < -0.4 is 5.43 Å². The molecular weight excluding hydrogens is 392 g/mol. The molecule has 5 nitrogen and oxygen atoms in total. The van der Waals surface area contributed by atoms with E-state index in [1.54, 1.807) is 18.3 Å². The lowest BCUT2D eigenvalue weighted by molar-refractivity contribution is -0.139. The molecule has 2 heterocycles. The van der Waals surface area contributed by atoms with Crippen molar-refractivity contribution in [1.82, 2.24) is 9.55 Å². The van der Waals surface area contributed by atoms with Crippen molar-refractivity contribution in [3.8, 4) is 0 Å². The molecule has 0 amide bonds. The molecular formula is C21H22N2O3S2. The molecule has 0 spiro atoms. The number of hydrogen-bond donors (Lipinski definition) is 0. The van der Waals surface area contributed by atoms with Crippen molar-refractivity contribution < 1.29 is 9.53 Å². The SMILES string of the molecule is CCOC(=O)CSc1nc2c(=O)c3c(sc2n1Cc1ccccc1)CCCC3. The Hall–Kier alpha value is -2.12. The van der Waals surface area contributed by atoms with E-state index in [2.05, 4.69) is 21.7 Å². The summed E-state index contributed by atoms with van der Waals surface area (Å²) in [6, 6.07) is 10.1. The summed E-state index contributed by atoms with van der Waals surface area (Å²) >= 11 is 3.02. The lowest BCUT2D eigenvalue weighted by Gasteiger charge is -2.14. The average molecular weight is 415 g/mol. The van der Waals surface area contributed by atoms with E-state index < -0.39 is 0 Å². The van der Waals surface area contributed by atoms with Gasteiger partial charge in [-0.05, 0) is 38.2 Å². The Labute approximate surface area is 171 Å². The number of benzene rings is 1. The molecule has 0 bridgehead atoms. The Morgan fingerprint density at radius 2 is 2.04 bits per heavy atom. The van der Waals surface area contributed by atoms with Crippen LogP contribution >= 0.6 is 23.1 Å². The van der Waals surface area contributed by atoms with Gasteiger partial charge < -0.3 is 9.30 Å². The second-order valence-electron chi connectivity index (χ2n) is 6.75. The zero-order valence-electron chi connectivity index (χ0n) is 15.8. The number of imidazole rings is 1. The molecule has 28 heavy (non-hydrogen) atoms. The Kier molecular flexibility index (Phi) is 5.82. The van der Waals surface area contributed by atoms with E-state index in [0.717, 1.165) is 41.6 Å². The molecule has 0 fully saturated rings. The second-order valence-corrected chi connectivity index (χ2v) is 8.78. The number of carbonyl (C=O) groups excluding carboxylic acids is 1. The normalized spacial score (nSPS) is 13.5. The summed E-state index contributed by atoms with van der Waals surface area (Å²) in [5, 5.41) is 0.697. The molecule has 0 saturated carbocycles. The molecule has 3 aromatic rings. The topological polar surface area (TPSA) is 61.2 Å². The third-order valence-corrected chi connectivity index (χ3v) is 7.07. The van der Waals surface area contributed by atoms with E-state index in [0.29, 0.717) is 23.8 Å². The van der Waals surface area contributed by atoms with Crippen LogP contribution in [0.2, 0.25) is 0 Å². The second kappa shape index (κ2) is 8.49. The minimum atomic E-state index is -0.267. The minimum absolute atomic E-state index is 0.0632. The van der Waals surface area contributed by atoms with Gasteiger partial charge in [0.1, 0.15) is 10.3 Å². The zero-order valence-corrected chi connectivity index (χ0v) is 17.4. The van der Waals surface area contributed by atoms with Crippen molar-refractivity contribution in [2.24, 2.45) is 0 Å². The highest BCUT2D eigenvalue weighted by atomic mass is 32.2. The van der Waals surface area contributed by atoms with Gasteiger partial charge in [-0.25, -0.2) is 4.98 Å². The highest BCUT2D eigenvalue weighted by molar-refractivity contribution is 7.99. The predicted molar refractivity (Wildman–Crippen MR) is 113 cm³/mol. The van der Waals surface area contributed by atoms with Gasteiger partial charge in [0, 0.05) is 10.4 Å². The number of rotatable bonds is 6. The van der Waals surface area contributed by atoms with Crippen LogP contribution in [0.1, 0.15) is 35.8 Å². The van der Waals surface area contributed by atoms with Crippen molar-refractivity contribution in [2.45, 2.75) is 44.3 Å². The van der Waals surface area contributed by atoms with E-state index in [9.17, 15) is 9.59 Å². The Balaban J connectivity index is 1.79. The highest BCUT2D eigenvalue weighted by Gasteiger charge is 2.22. The average Bonchev–Trinajstić information content (AvgIpc) is 3.05. The Bertz CT molecular complexity index is 1060. The van der Waals surface area contributed by atoms with Crippen LogP contribution in [0, 0.1) is 0 Å². The monoisotopic (exact) mass is 414 g/mol. The highest BCUT2D eigenvalue weighted by Crippen LogP contribution is 2.32. The van der Waals surface area contributed by atoms with Gasteiger partial charge in [0.05, 0.1) is 18.9 Å². The fraction of sp³-hybridized carbons (Fsp3) is 0.381. The van der Waals surface area contributed by atoms with Gasteiger partial charge >= 0.3 is 5.97 Å². The number of aromatic nitrogens is 2. The lowest BCUT2D eigenvalue weighted by atomic mass is 9.98. The van der Waals surface area contributed by atoms with Crippen LogP contribution in [0.15, 0.2) is 40.3 Å². The summed E-state index contributed by atoms with van der Waals surface area (Å²) in [5.74, 6) is -0.0824. The zero-order chi connectivity index (χ0) is 19.5. The fourth-order valence-electron chi connectivity index (χ4n) is 3.50. The summed E-state index contributed by atoms with van der Waals surface area (Å²) in [4.78, 5) is 31.7. The van der Waals surface area contributed by atoms with E-state index in [1.807, 2.05) is 18.2 Å². The van der Waals surface area contributed by atoms with Gasteiger partial charge in [0.2, 0.25) is 5.43 Å². The third-order valence-electron chi connectivity index (χ3n) is 4.82. The third kappa shape index (κ3) is 3.86. The first-order chi connectivity index (χ1) is 13.7. The molecule has 0 N–H and O–H groups in total. The Morgan fingerprint density at radius 1 is 1.25 bits per heavy atom. The van der Waals surface area contributed by atoms with Crippen LogP contribution in [-0.4, -0.2) is 27.9 Å². The summed E-state index contributed by atoms with van der Waals surface area (Å²) in [6.45, 7) is 2.78. The number of fused-ring (bicyclic) bond motifs is 2. The predicted octanol–water partition coefficient (Wildman–Crippen LogP) is 4.04. The lowest BCUT2D eigenvalue weighted by Crippen LogP contribution is -2.15. The summed E-state index contributed by atoms with van der Waals surface area (Å²) in [6.07, 6.45) is 4.01. The molecule has 0 saturated heterocycles. The van der Waals surface area contributed by atoms with Crippen molar-refractivity contribution in [3.63, 3.8) is 0 Å². The first-order valence-corrected chi connectivity index (χ1v) is 11.3. The van der Waals surface area contributed by atoms with Crippen LogP contribution in [0.5, 0.6) is 0 Å². The maximum Gasteiger partial charge on any atom is 0.316 e. The molecule has 2 aromatic heterocycles. The first kappa shape index (κ1) is 19.2. The maximum atomic E-state index is 13.1. The van der Waals surface area contributed by atoms with Crippen molar-refractivity contribution in [2.75, 3.05) is 12.4 Å².